The van der Waals surface area contributed by atoms with Gasteiger partial charge in [-0.2, -0.15) is 5.10 Å². The Kier molecular flexibility index (Phi) is 3.77. The summed E-state index contributed by atoms with van der Waals surface area (Å²) in [5.41, 5.74) is 9.01. The zero-order valence-corrected chi connectivity index (χ0v) is 10.7. The molecule has 0 fully saturated rings. The zero-order valence-electron chi connectivity index (χ0n) is 10.7. The van der Waals surface area contributed by atoms with Crippen LogP contribution < -0.4 is 5.73 Å². The standard InChI is InChI=1S/C14H18FN3/c1-10-5-12(7-13(15)6-10)14(16)4-3-11-8-17-18(2)9-11/h5-9,14H,3-4,16H2,1-2H3. The van der Waals surface area contributed by atoms with Crippen LogP contribution in [0.3, 0.4) is 0 Å². The third kappa shape index (κ3) is 3.17. The molecule has 1 unspecified atom stereocenters. The van der Waals surface area contributed by atoms with Gasteiger partial charge < -0.3 is 5.73 Å². The molecule has 0 aliphatic carbocycles. The molecule has 0 spiro atoms. The van der Waals surface area contributed by atoms with E-state index in [4.69, 9.17) is 5.73 Å². The first kappa shape index (κ1) is 12.8. The number of benzene rings is 1. The van der Waals surface area contributed by atoms with E-state index in [9.17, 15) is 4.39 Å². The topological polar surface area (TPSA) is 43.8 Å². The smallest absolute Gasteiger partial charge is 0.123 e. The lowest BCUT2D eigenvalue weighted by Crippen LogP contribution is -2.11. The molecule has 2 N–H and O–H groups in total. The zero-order chi connectivity index (χ0) is 13.1. The minimum Gasteiger partial charge on any atom is -0.324 e. The van der Waals surface area contributed by atoms with Crippen molar-refractivity contribution in [1.29, 1.82) is 0 Å². The highest BCUT2D eigenvalue weighted by molar-refractivity contribution is 5.26. The summed E-state index contributed by atoms with van der Waals surface area (Å²) in [5.74, 6) is -0.221. The van der Waals surface area contributed by atoms with Gasteiger partial charge in [0, 0.05) is 19.3 Å². The Morgan fingerprint density at radius 2 is 2.17 bits per heavy atom. The van der Waals surface area contributed by atoms with Gasteiger partial charge in [-0.05, 0) is 48.6 Å². The van der Waals surface area contributed by atoms with E-state index in [0.29, 0.717) is 0 Å². The molecule has 1 heterocycles. The van der Waals surface area contributed by atoms with Gasteiger partial charge in [0.25, 0.3) is 0 Å². The van der Waals surface area contributed by atoms with Crippen molar-refractivity contribution < 1.29 is 4.39 Å². The van der Waals surface area contributed by atoms with Crippen LogP contribution in [-0.2, 0) is 13.5 Å². The Balaban J connectivity index is 2.01. The summed E-state index contributed by atoms with van der Waals surface area (Å²) in [6.45, 7) is 1.88. The second kappa shape index (κ2) is 5.31. The molecule has 3 nitrogen and oxygen atoms in total. The predicted molar refractivity (Wildman–Crippen MR) is 69.6 cm³/mol. The van der Waals surface area contributed by atoms with Gasteiger partial charge in [0.2, 0.25) is 0 Å². The Bertz CT molecular complexity index is 513. The van der Waals surface area contributed by atoms with Crippen LogP contribution in [0.1, 0.15) is 29.2 Å². The summed E-state index contributed by atoms with van der Waals surface area (Å²) in [6.07, 6.45) is 5.45. The molecule has 18 heavy (non-hydrogen) atoms. The number of hydrogen-bond donors (Lipinski definition) is 1. The van der Waals surface area contributed by atoms with Crippen LogP contribution in [0.15, 0.2) is 30.6 Å². The molecule has 4 heteroatoms. The monoisotopic (exact) mass is 247 g/mol. The highest BCUT2D eigenvalue weighted by Gasteiger charge is 2.09. The fourth-order valence-electron chi connectivity index (χ4n) is 2.07. The van der Waals surface area contributed by atoms with E-state index in [1.54, 1.807) is 4.68 Å². The molecule has 0 aliphatic rings. The number of hydrogen-bond acceptors (Lipinski definition) is 2. The van der Waals surface area contributed by atoms with Gasteiger partial charge in [-0.15, -0.1) is 0 Å². The SMILES string of the molecule is Cc1cc(F)cc(C(N)CCc2cnn(C)c2)c1. The van der Waals surface area contributed by atoms with Gasteiger partial charge >= 0.3 is 0 Å². The van der Waals surface area contributed by atoms with E-state index >= 15 is 0 Å². The molecule has 0 bridgehead atoms. The van der Waals surface area contributed by atoms with E-state index in [2.05, 4.69) is 5.10 Å². The lowest BCUT2D eigenvalue weighted by Gasteiger charge is -2.12. The van der Waals surface area contributed by atoms with Gasteiger partial charge in [0.05, 0.1) is 6.20 Å². The Morgan fingerprint density at radius 1 is 1.39 bits per heavy atom. The molecule has 0 saturated heterocycles. The quantitative estimate of drug-likeness (QED) is 0.902. The molecule has 96 valence electrons. The summed E-state index contributed by atoms with van der Waals surface area (Å²) in [6, 6.07) is 4.83. The Morgan fingerprint density at radius 3 is 2.78 bits per heavy atom. The van der Waals surface area contributed by atoms with Crippen LogP contribution in [0.2, 0.25) is 0 Å². The summed E-state index contributed by atoms with van der Waals surface area (Å²) in [7, 11) is 1.89. The van der Waals surface area contributed by atoms with Gasteiger partial charge in [0.1, 0.15) is 5.82 Å². The normalized spacial score (nSPS) is 12.7. The van der Waals surface area contributed by atoms with Crippen LogP contribution in [0, 0.1) is 12.7 Å². The van der Waals surface area contributed by atoms with Crippen molar-refractivity contribution >= 4 is 0 Å². The second-order valence-electron chi connectivity index (χ2n) is 4.73. The fraction of sp³-hybridized carbons (Fsp3) is 0.357. The van der Waals surface area contributed by atoms with Crippen LogP contribution in [0.4, 0.5) is 4.39 Å². The highest BCUT2D eigenvalue weighted by atomic mass is 19.1. The van der Waals surface area contributed by atoms with Gasteiger partial charge in [0.15, 0.2) is 0 Å². The molecule has 2 rings (SSSR count). The number of nitrogens with zero attached hydrogens (tertiary/aromatic N) is 2. The van der Waals surface area contributed by atoms with Crippen molar-refractivity contribution in [3.63, 3.8) is 0 Å². The summed E-state index contributed by atoms with van der Waals surface area (Å²) in [4.78, 5) is 0. The van der Waals surface area contributed by atoms with E-state index in [-0.39, 0.29) is 11.9 Å². The maximum absolute atomic E-state index is 13.3. The Hall–Kier alpha value is -1.68. The number of aryl methyl sites for hydroxylation is 3. The first-order valence-electron chi connectivity index (χ1n) is 6.05. The van der Waals surface area contributed by atoms with E-state index in [1.807, 2.05) is 32.4 Å². The first-order valence-corrected chi connectivity index (χ1v) is 6.05. The average molecular weight is 247 g/mol. The third-order valence-electron chi connectivity index (χ3n) is 2.99. The van der Waals surface area contributed by atoms with Gasteiger partial charge in [-0.1, -0.05) is 6.07 Å². The Labute approximate surface area is 106 Å². The van der Waals surface area contributed by atoms with Crippen molar-refractivity contribution in [2.75, 3.05) is 0 Å². The second-order valence-corrected chi connectivity index (χ2v) is 4.73. The minimum atomic E-state index is -0.221. The summed E-state index contributed by atoms with van der Waals surface area (Å²) in [5, 5.41) is 4.11. The molecule has 0 radical (unpaired) electrons. The molecule has 1 aromatic heterocycles. The molecule has 1 aromatic carbocycles. The molecular formula is C14H18FN3. The maximum Gasteiger partial charge on any atom is 0.123 e. The fourth-order valence-corrected chi connectivity index (χ4v) is 2.07. The molecule has 1 atom stereocenters. The van der Waals surface area contributed by atoms with Crippen molar-refractivity contribution in [1.82, 2.24) is 9.78 Å². The minimum absolute atomic E-state index is 0.139. The lowest BCUT2D eigenvalue weighted by molar-refractivity contribution is 0.607. The lowest BCUT2D eigenvalue weighted by atomic mass is 9.99. The van der Waals surface area contributed by atoms with Crippen molar-refractivity contribution in [2.24, 2.45) is 12.8 Å². The number of aromatic nitrogens is 2. The largest absolute Gasteiger partial charge is 0.324 e. The number of nitrogens with two attached hydrogens (primary N) is 1. The van der Waals surface area contributed by atoms with Gasteiger partial charge in [-0.25, -0.2) is 4.39 Å². The van der Waals surface area contributed by atoms with Crippen LogP contribution >= 0.6 is 0 Å². The van der Waals surface area contributed by atoms with E-state index in [1.165, 1.54) is 12.1 Å². The number of rotatable bonds is 4. The third-order valence-corrected chi connectivity index (χ3v) is 2.99. The van der Waals surface area contributed by atoms with E-state index < -0.39 is 0 Å². The molecule has 0 aliphatic heterocycles. The van der Waals surface area contributed by atoms with Crippen LogP contribution in [0.5, 0.6) is 0 Å². The highest BCUT2D eigenvalue weighted by Crippen LogP contribution is 2.19. The molecule has 0 saturated carbocycles. The summed E-state index contributed by atoms with van der Waals surface area (Å²) >= 11 is 0. The van der Waals surface area contributed by atoms with Crippen LogP contribution in [0.25, 0.3) is 0 Å². The molecule has 2 aromatic rings. The van der Waals surface area contributed by atoms with Crippen molar-refractivity contribution in [2.45, 2.75) is 25.8 Å². The van der Waals surface area contributed by atoms with Crippen molar-refractivity contribution in [3.05, 3.63) is 53.1 Å². The molecular weight excluding hydrogens is 229 g/mol. The maximum atomic E-state index is 13.3. The molecule has 0 amide bonds. The number of halogens is 1. The summed E-state index contributed by atoms with van der Waals surface area (Å²) < 4.78 is 15.1. The van der Waals surface area contributed by atoms with E-state index in [0.717, 1.165) is 29.5 Å². The van der Waals surface area contributed by atoms with Crippen molar-refractivity contribution in [3.8, 4) is 0 Å². The average Bonchev–Trinajstić information content (AvgIpc) is 2.70. The van der Waals surface area contributed by atoms with Crippen LogP contribution in [-0.4, -0.2) is 9.78 Å². The predicted octanol–water partition coefficient (Wildman–Crippen LogP) is 2.50. The van der Waals surface area contributed by atoms with Gasteiger partial charge in [-0.3, -0.25) is 4.68 Å². The first-order chi connectivity index (χ1) is 8.54.